The third-order valence-corrected chi connectivity index (χ3v) is 6.07. The van der Waals surface area contributed by atoms with Crippen molar-refractivity contribution in [1.29, 1.82) is 0 Å². The summed E-state index contributed by atoms with van der Waals surface area (Å²) >= 11 is 0. The Kier molecular flexibility index (Phi) is 7.38. The molecule has 2 unspecified atom stereocenters. The van der Waals surface area contributed by atoms with Crippen LogP contribution in [0.1, 0.15) is 34.1 Å². The van der Waals surface area contributed by atoms with E-state index in [1.54, 1.807) is 12.1 Å². The van der Waals surface area contributed by atoms with E-state index in [2.05, 4.69) is 0 Å². The lowest BCUT2D eigenvalue weighted by Gasteiger charge is -2.25. The molecule has 184 valence electrons. The van der Waals surface area contributed by atoms with Gasteiger partial charge in [0, 0.05) is 11.1 Å². The zero-order chi connectivity index (χ0) is 25.8. The van der Waals surface area contributed by atoms with Crippen molar-refractivity contribution < 1.29 is 32.6 Å². The topological polar surface area (TPSA) is 57.5 Å². The van der Waals surface area contributed by atoms with Crippen LogP contribution in [-0.4, -0.2) is 16.0 Å². The van der Waals surface area contributed by atoms with Crippen LogP contribution in [0.4, 0.5) is 17.6 Å². The molecule has 0 aliphatic rings. The number of carbonyl (C=O) groups excluding carboxylic acids is 1. The van der Waals surface area contributed by atoms with Crippen LogP contribution < -0.4 is 0 Å². The lowest BCUT2D eigenvalue weighted by molar-refractivity contribution is -0.122. The van der Waals surface area contributed by atoms with Crippen molar-refractivity contribution in [3.8, 4) is 11.5 Å². The monoisotopic (exact) mass is 494 g/mol. The van der Waals surface area contributed by atoms with Crippen LogP contribution >= 0.6 is 0 Å². The highest BCUT2D eigenvalue weighted by Gasteiger charge is 2.33. The van der Waals surface area contributed by atoms with Gasteiger partial charge in [0.1, 0.15) is 40.6 Å². The van der Waals surface area contributed by atoms with Gasteiger partial charge in [-0.25, -0.2) is 17.6 Å². The first kappa shape index (κ1) is 25.0. The largest absolute Gasteiger partial charge is 0.508 e. The number of Topliss-reactive ketones (excluding diaryl/α,β-unsaturated/α-hetero) is 1. The predicted molar refractivity (Wildman–Crippen MR) is 127 cm³/mol. The van der Waals surface area contributed by atoms with Gasteiger partial charge < -0.3 is 10.2 Å². The maximum Gasteiger partial charge on any atom is 0.148 e. The first-order chi connectivity index (χ1) is 17.2. The van der Waals surface area contributed by atoms with E-state index in [-0.39, 0.29) is 35.5 Å². The molecule has 2 atom stereocenters. The predicted octanol–water partition coefficient (Wildman–Crippen LogP) is 6.58. The van der Waals surface area contributed by atoms with Crippen molar-refractivity contribution in [3.05, 3.63) is 130 Å². The Labute approximate surface area is 205 Å². The van der Waals surface area contributed by atoms with Gasteiger partial charge in [0.15, 0.2) is 0 Å². The fraction of sp³-hybridized carbons (Fsp3) is 0.138. The van der Waals surface area contributed by atoms with Crippen molar-refractivity contribution in [2.75, 3.05) is 0 Å². The number of aromatic hydroxyl groups is 2. The minimum absolute atomic E-state index is 0.0376. The van der Waals surface area contributed by atoms with Gasteiger partial charge in [0.05, 0.1) is 11.8 Å². The molecule has 4 rings (SSSR count). The number of benzene rings is 4. The second-order valence-corrected chi connectivity index (χ2v) is 8.58. The van der Waals surface area contributed by atoms with E-state index < -0.39 is 40.9 Å². The van der Waals surface area contributed by atoms with Crippen LogP contribution in [0.25, 0.3) is 0 Å². The summed E-state index contributed by atoms with van der Waals surface area (Å²) in [6, 6.07) is 17.3. The second kappa shape index (κ2) is 10.6. The Morgan fingerprint density at radius 2 is 0.972 bits per heavy atom. The standard InChI is InChI=1S/C29H22F4O3/c30-19-5-1-3-17(11-19)13-25(23-15-21(32)7-9-27(23)34)29(36)26(14-18-4-2-6-20(31)12-18)24-16-22(33)8-10-28(24)35/h1-12,15-16,25-26,34-35H,13-14H2. The van der Waals surface area contributed by atoms with Gasteiger partial charge in [0.25, 0.3) is 0 Å². The molecular formula is C29H22F4O3. The van der Waals surface area contributed by atoms with Gasteiger partial charge >= 0.3 is 0 Å². The van der Waals surface area contributed by atoms with Crippen molar-refractivity contribution in [1.82, 2.24) is 0 Å². The van der Waals surface area contributed by atoms with Crippen LogP contribution in [0.2, 0.25) is 0 Å². The van der Waals surface area contributed by atoms with E-state index >= 15 is 0 Å². The van der Waals surface area contributed by atoms with Crippen LogP contribution in [0, 0.1) is 23.3 Å². The Hall–Kier alpha value is -4.13. The molecular weight excluding hydrogens is 472 g/mol. The first-order valence-electron chi connectivity index (χ1n) is 11.2. The minimum Gasteiger partial charge on any atom is -0.508 e. The summed E-state index contributed by atoms with van der Waals surface area (Å²) in [7, 11) is 0. The Bertz CT molecular complexity index is 1300. The molecule has 0 radical (unpaired) electrons. The molecule has 0 fully saturated rings. The minimum atomic E-state index is -1.19. The zero-order valence-corrected chi connectivity index (χ0v) is 19.0. The smallest absolute Gasteiger partial charge is 0.148 e. The molecule has 0 aromatic heterocycles. The molecule has 0 spiro atoms. The van der Waals surface area contributed by atoms with Gasteiger partial charge in [-0.05, 0) is 84.6 Å². The molecule has 0 amide bonds. The molecule has 0 bridgehead atoms. The number of ketones is 1. The van der Waals surface area contributed by atoms with Gasteiger partial charge in [0.2, 0.25) is 0 Å². The molecule has 0 aliphatic carbocycles. The van der Waals surface area contributed by atoms with Crippen molar-refractivity contribution in [2.24, 2.45) is 0 Å². The molecule has 4 aromatic carbocycles. The van der Waals surface area contributed by atoms with Gasteiger partial charge in [-0.3, -0.25) is 4.79 Å². The Balaban J connectivity index is 1.85. The van der Waals surface area contributed by atoms with Gasteiger partial charge in [-0.15, -0.1) is 0 Å². The van der Waals surface area contributed by atoms with E-state index in [0.717, 1.165) is 36.4 Å². The van der Waals surface area contributed by atoms with Crippen molar-refractivity contribution in [2.45, 2.75) is 24.7 Å². The highest BCUT2D eigenvalue weighted by Crippen LogP contribution is 2.38. The quantitative estimate of drug-likeness (QED) is 0.272. The highest BCUT2D eigenvalue weighted by molar-refractivity contribution is 5.93. The SMILES string of the molecule is O=C(C(Cc1cccc(F)c1)c1cc(F)ccc1O)C(Cc1cccc(F)c1)c1cc(F)ccc1O. The number of phenolic OH excluding ortho intramolecular Hbond substituents is 2. The number of phenols is 2. The number of halogens is 4. The van der Waals surface area contributed by atoms with Crippen LogP contribution in [0.5, 0.6) is 11.5 Å². The summed E-state index contributed by atoms with van der Waals surface area (Å²) < 4.78 is 56.2. The maximum atomic E-state index is 14.2. The van der Waals surface area contributed by atoms with Crippen molar-refractivity contribution in [3.63, 3.8) is 0 Å². The third-order valence-electron chi connectivity index (χ3n) is 6.07. The number of hydrogen-bond donors (Lipinski definition) is 2. The van der Waals surface area contributed by atoms with Gasteiger partial charge in [-0.1, -0.05) is 24.3 Å². The summed E-state index contributed by atoms with van der Waals surface area (Å²) in [5.74, 6) is -6.15. The molecule has 36 heavy (non-hydrogen) atoms. The van der Waals surface area contributed by atoms with E-state index in [0.29, 0.717) is 11.1 Å². The van der Waals surface area contributed by atoms with Crippen LogP contribution in [0.3, 0.4) is 0 Å². The maximum absolute atomic E-state index is 14.2. The molecule has 2 N–H and O–H groups in total. The number of rotatable bonds is 8. The highest BCUT2D eigenvalue weighted by atomic mass is 19.1. The zero-order valence-electron chi connectivity index (χ0n) is 19.0. The van der Waals surface area contributed by atoms with E-state index in [1.165, 1.54) is 36.4 Å². The molecule has 3 nitrogen and oxygen atoms in total. The first-order valence-corrected chi connectivity index (χ1v) is 11.2. The summed E-state index contributed by atoms with van der Waals surface area (Å²) in [5, 5.41) is 21.0. The van der Waals surface area contributed by atoms with Crippen LogP contribution in [0.15, 0.2) is 84.9 Å². The van der Waals surface area contributed by atoms with Gasteiger partial charge in [-0.2, -0.15) is 0 Å². The van der Waals surface area contributed by atoms with Crippen LogP contribution in [-0.2, 0) is 17.6 Å². The van der Waals surface area contributed by atoms with E-state index in [4.69, 9.17) is 0 Å². The normalized spacial score (nSPS) is 12.8. The molecule has 4 aromatic rings. The summed E-state index contributed by atoms with van der Waals surface area (Å²) in [5.41, 5.74) is 0.740. The lowest BCUT2D eigenvalue weighted by atomic mass is 9.77. The Morgan fingerprint density at radius 3 is 1.36 bits per heavy atom. The number of carbonyl (C=O) groups is 1. The molecule has 0 saturated heterocycles. The van der Waals surface area contributed by atoms with E-state index in [9.17, 15) is 32.6 Å². The summed E-state index contributed by atoms with van der Waals surface area (Å²) in [4.78, 5) is 14.1. The Morgan fingerprint density at radius 1 is 0.583 bits per heavy atom. The molecule has 7 heteroatoms. The fourth-order valence-corrected chi connectivity index (χ4v) is 4.38. The number of hydrogen-bond acceptors (Lipinski definition) is 3. The lowest BCUT2D eigenvalue weighted by Crippen LogP contribution is -2.25. The fourth-order valence-electron chi connectivity index (χ4n) is 4.38. The van der Waals surface area contributed by atoms with E-state index in [1.807, 2.05) is 0 Å². The third kappa shape index (κ3) is 5.74. The average molecular weight is 494 g/mol. The van der Waals surface area contributed by atoms with Crippen molar-refractivity contribution >= 4 is 5.78 Å². The molecule has 0 saturated carbocycles. The molecule has 0 aliphatic heterocycles. The molecule has 0 heterocycles. The summed E-state index contributed by atoms with van der Waals surface area (Å²) in [6.07, 6.45) is -0.216. The average Bonchev–Trinajstić information content (AvgIpc) is 2.84. The summed E-state index contributed by atoms with van der Waals surface area (Å²) in [6.45, 7) is 0. The second-order valence-electron chi connectivity index (χ2n) is 8.58.